The molecule has 140 valence electrons. The summed E-state index contributed by atoms with van der Waals surface area (Å²) in [5.74, 6) is 0.0223. The Balaban J connectivity index is 1.35. The highest BCUT2D eigenvalue weighted by molar-refractivity contribution is 7.09. The Bertz CT molecular complexity index is 932. The SMILES string of the molecule is O=C(NCc1cccs1)[C@H]1CCCN(C(=O)Cc2c[nH]c3ccccc23)C1. The minimum atomic E-state index is -0.120. The largest absolute Gasteiger partial charge is 0.361 e. The van der Waals surface area contributed by atoms with Crippen LogP contribution in [-0.4, -0.2) is 34.8 Å². The van der Waals surface area contributed by atoms with Crippen molar-refractivity contribution in [3.05, 3.63) is 58.4 Å². The van der Waals surface area contributed by atoms with Gasteiger partial charge in [-0.25, -0.2) is 0 Å². The van der Waals surface area contributed by atoms with Crippen LogP contribution in [0.5, 0.6) is 0 Å². The number of para-hydroxylation sites is 1. The first kappa shape index (κ1) is 17.8. The molecule has 2 aromatic heterocycles. The summed E-state index contributed by atoms with van der Waals surface area (Å²) < 4.78 is 0. The lowest BCUT2D eigenvalue weighted by atomic mass is 9.96. The van der Waals surface area contributed by atoms with Crippen LogP contribution in [0.15, 0.2) is 48.0 Å². The molecule has 1 fully saturated rings. The number of likely N-dealkylation sites (tertiary alicyclic amines) is 1. The van der Waals surface area contributed by atoms with Gasteiger partial charge in [-0.3, -0.25) is 9.59 Å². The maximum absolute atomic E-state index is 12.8. The maximum atomic E-state index is 12.8. The third-order valence-electron chi connectivity index (χ3n) is 5.18. The molecule has 1 atom stereocenters. The second-order valence-electron chi connectivity index (χ2n) is 7.01. The number of carbonyl (C=O) groups is 2. The number of H-pyrrole nitrogens is 1. The average Bonchev–Trinajstić information content (AvgIpc) is 3.36. The zero-order valence-corrected chi connectivity index (χ0v) is 15.9. The zero-order chi connectivity index (χ0) is 18.6. The minimum absolute atomic E-state index is 0.0491. The summed E-state index contributed by atoms with van der Waals surface area (Å²) in [4.78, 5) is 31.5. The fourth-order valence-electron chi connectivity index (χ4n) is 3.70. The van der Waals surface area contributed by atoms with E-state index in [1.54, 1.807) is 11.3 Å². The Morgan fingerprint density at radius 1 is 1.22 bits per heavy atom. The normalized spacial score (nSPS) is 17.2. The van der Waals surface area contributed by atoms with Crippen molar-refractivity contribution >= 4 is 34.1 Å². The number of thiophene rings is 1. The van der Waals surface area contributed by atoms with E-state index >= 15 is 0 Å². The monoisotopic (exact) mass is 381 g/mol. The fraction of sp³-hybridized carbons (Fsp3) is 0.333. The van der Waals surface area contributed by atoms with Gasteiger partial charge in [0.15, 0.2) is 0 Å². The molecular formula is C21H23N3O2S. The summed E-state index contributed by atoms with van der Waals surface area (Å²) in [6.45, 7) is 1.81. The van der Waals surface area contributed by atoms with Crippen molar-refractivity contribution in [2.24, 2.45) is 5.92 Å². The number of hydrogen-bond acceptors (Lipinski definition) is 3. The van der Waals surface area contributed by atoms with Crippen LogP contribution in [0, 0.1) is 5.92 Å². The highest BCUT2D eigenvalue weighted by Gasteiger charge is 2.28. The van der Waals surface area contributed by atoms with E-state index in [0.29, 0.717) is 19.5 Å². The van der Waals surface area contributed by atoms with Crippen molar-refractivity contribution in [1.82, 2.24) is 15.2 Å². The van der Waals surface area contributed by atoms with Crippen LogP contribution >= 0.6 is 11.3 Å². The van der Waals surface area contributed by atoms with Gasteiger partial charge in [0, 0.05) is 35.1 Å². The number of amides is 2. The first-order valence-electron chi connectivity index (χ1n) is 9.33. The van der Waals surface area contributed by atoms with Gasteiger partial charge in [0.1, 0.15) is 0 Å². The van der Waals surface area contributed by atoms with Crippen LogP contribution in [0.25, 0.3) is 10.9 Å². The third-order valence-corrected chi connectivity index (χ3v) is 6.05. The van der Waals surface area contributed by atoms with Crippen LogP contribution in [0.2, 0.25) is 0 Å². The molecule has 4 rings (SSSR count). The Morgan fingerprint density at radius 3 is 2.96 bits per heavy atom. The molecule has 5 nitrogen and oxygen atoms in total. The molecule has 0 radical (unpaired) electrons. The number of nitrogens with one attached hydrogen (secondary N) is 2. The van der Waals surface area contributed by atoms with Crippen molar-refractivity contribution in [3.8, 4) is 0 Å². The number of rotatable bonds is 5. The molecule has 6 heteroatoms. The van der Waals surface area contributed by atoms with Crippen LogP contribution in [0.1, 0.15) is 23.3 Å². The molecule has 1 aliphatic heterocycles. The zero-order valence-electron chi connectivity index (χ0n) is 15.1. The van der Waals surface area contributed by atoms with Gasteiger partial charge in [-0.05, 0) is 35.9 Å². The summed E-state index contributed by atoms with van der Waals surface area (Å²) in [5, 5.41) is 6.11. The summed E-state index contributed by atoms with van der Waals surface area (Å²) >= 11 is 1.64. The van der Waals surface area contributed by atoms with Crippen LogP contribution in [-0.2, 0) is 22.6 Å². The molecule has 3 aromatic rings. The molecule has 1 saturated heterocycles. The lowest BCUT2D eigenvalue weighted by molar-refractivity contribution is -0.135. The number of fused-ring (bicyclic) bond motifs is 1. The van der Waals surface area contributed by atoms with E-state index in [1.165, 1.54) is 0 Å². The average molecular weight is 382 g/mol. The fourth-order valence-corrected chi connectivity index (χ4v) is 4.35. The summed E-state index contributed by atoms with van der Waals surface area (Å²) in [6, 6.07) is 12.0. The first-order valence-corrected chi connectivity index (χ1v) is 10.2. The van der Waals surface area contributed by atoms with Crippen LogP contribution in [0.4, 0.5) is 0 Å². The first-order chi connectivity index (χ1) is 13.2. The molecule has 1 aromatic carbocycles. The number of piperidine rings is 1. The molecular weight excluding hydrogens is 358 g/mol. The maximum Gasteiger partial charge on any atom is 0.227 e. The predicted molar refractivity (Wildman–Crippen MR) is 107 cm³/mol. The van der Waals surface area contributed by atoms with Gasteiger partial charge in [0.05, 0.1) is 18.9 Å². The third kappa shape index (κ3) is 4.06. The lowest BCUT2D eigenvalue weighted by Crippen LogP contribution is -2.45. The van der Waals surface area contributed by atoms with Crippen molar-refractivity contribution in [1.29, 1.82) is 0 Å². The number of hydrogen-bond donors (Lipinski definition) is 2. The van der Waals surface area contributed by atoms with E-state index in [4.69, 9.17) is 0 Å². The van der Waals surface area contributed by atoms with Crippen LogP contribution in [0.3, 0.4) is 0 Å². The van der Waals surface area contributed by atoms with Gasteiger partial charge in [0.25, 0.3) is 0 Å². The van der Waals surface area contributed by atoms with Gasteiger partial charge in [-0.1, -0.05) is 24.3 Å². The van der Waals surface area contributed by atoms with Gasteiger partial charge in [-0.15, -0.1) is 11.3 Å². The molecule has 0 saturated carbocycles. The van der Waals surface area contributed by atoms with E-state index in [0.717, 1.165) is 40.7 Å². The Hall–Kier alpha value is -2.60. The molecule has 0 unspecified atom stereocenters. The molecule has 2 N–H and O–H groups in total. The number of aromatic amines is 1. The quantitative estimate of drug-likeness (QED) is 0.712. The highest BCUT2D eigenvalue weighted by atomic mass is 32.1. The molecule has 0 aliphatic carbocycles. The van der Waals surface area contributed by atoms with Crippen molar-refractivity contribution in [3.63, 3.8) is 0 Å². The van der Waals surface area contributed by atoms with E-state index in [9.17, 15) is 9.59 Å². The molecule has 2 amide bonds. The number of benzene rings is 1. The number of aromatic nitrogens is 1. The molecule has 0 bridgehead atoms. The minimum Gasteiger partial charge on any atom is -0.361 e. The Labute approximate surface area is 162 Å². The summed E-state index contributed by atoms with van der Waals surface area (Å²) in [6.07, 6.45) is 4.00. The molecule has 0 spiro atoms. The van der Waals surface area contributed by atoms with E-state index in [1.807, 2.05) is 52.9 Å². The van der Waals surface area contributed by atoms with Crippen molar-refractivity contribution in [2.75, 3.05) is 13.1 Å². The number of carbonyl (C=O) groups excluding carboxylic acids is 2. The topological polar surface area (TPSA) is 65.2 Å². The Kier molecular flexibility index (Phi) is 5.25. The van der Waals surface area contributed by atoms with E-state index in [-0.39, 0.29) is 17.7 Å². The lowest BCUT2D eigenvalue weighted by Gasteiger charge is -2.32. The molecule has 3 heterocycles. The van der Waals surface area contributed by atoms with Gasteiger partial charge >= 0.3 is 0 Å². The van der Waals surface area contributed by atoms with Crippen LogP contribution < -0.4 is 5.32 Å². The van der Waals surface area contributed by atoms with Gasteiger partial charge in [0.2, 0.25) is 11.8 Å². The standard InChI is InChI=1S/C21H23N3O2S/c25-20(11-16-12-22-19-8-2-1-7-18(16)19)24-9-3-5-15(14-24)21(26)23-13-17-6-4-10-27-17/h1-2,4,6-8,10,12,15,22H,3,5,9,11,13-14H2,(H,23,26)/t15-/m0/s1. The highest BCUT2D eigenvalue weighted by Crippen LogP contribution is 2.21. The smallest absolute Gasteiger partial charge is 0.227 e. The second kappa shape index (κ2) is 7.96. The van der Waals surface area contributed by atoms with E-state index in [2.05, 4.69) is 10.3 Å². The summed E-state index contributed by atoms with van der Waals surface area (Å²) in [7, 11) is 0. The van der Waals surface area contributed by atoms with Crippen molar-refractivity contribution < 1.29 is 9.59 Å². The van der Waals surface area contributed by atoms with Gasteiger partial charge < -0.3 is 15.2 Å². The summed E-state index contributed by atoms with van der Waals surface area (Å²) in [5.41, 5.74) is 2.06. The molecule has 27 heavy (non-hydrogen) atoms. The predicted octanol–water partition coefficient (Wildman–Crippen LogP) is 3.33. The van der Waals surface area contributed by atoms with Gasteiger partial charge in [-0.2, -0.15) is 0 Å². The number of nitrogens with zero attached hydrogens (tertiary/aromatic N) is 1. The Morgan fingerprint density at radius 2 is 2.11 bits per heavy atom. The molecule has 1 aliphatic rings. The van der Waals surface area contributed by atoms with Crippen molar-refractivity contribution in [2.45, 2.75) is 25.8 Å². The second-order valence-corrected chi connectivity index (χ2v) is 8.04. The van der Waals surface area contributed by atoms with E-state index < -0.39 is 0 Å².